The van der Waals surface area contributed by atoms with Crippen LogP contribution in [0.3, 0.4) is 0 Å². The molecule has 1 aliphatic heterocycles. The summed E-state index contributed by atoms with van der Waals surface area (Å²) in [5.41, 5.74) is 6.55. The molecule has 4 aromatic heterocycles. The summed E-state index contributed by atoms with van der Waals surface area (Å²) in [5, 5.41) is 2.83. The Bertz CT molecular complexity index is 1720. The molecule has 1 aliphatic rings. The minimum atomic E-state index is -0.399. The number of benzene rings is 1. The molecule has 5 heterocycles. The highest BCUT2D eigenvalue weighted by atomic mass is 19.1. The first kappa shape index (κ1) is 24.5. The quantitative estimate of drug-likeness (QED) is 0.323. The number of carbonyl (C=O) groups is 1. The predicted octanol–water partition coefficient (Wildman–Crippen LogP) is 5.30. The molecule has 0 aliphatic carbocycles. The van der Waals surface area contributed by atoms with Crippen molar-refractivity contribution in [1.29, 1.82) is 0 Å². The van der Waals surface area contributed by atoms with Gasteiger partial charge in [-0.3, -0.25) is 14.8 Å². The van der Waals surface area contributed by atoms with E-state index in [2.05, 4.69) is 20.3 Å². The Balaban J connectivity index is 1.47. The van der Waals surface area contributed by atoms with Gasteiger partial charge in [-0.2, -0.15) is 0 Å². The number of halogens is 1. The number of pyridine rings is 2. The monoisotopic (exact) mass is 523 g/mol. The van der Waals surface area contributed by atoms with E-state index in [1.165, 1.54) is 6.07 Å². The maximum atomic E-state index is 15.6. The number of H-pyrrole nitrogens is 1. The van der Waals surface area contributed by atoms with Crippen LogP contribution in [0.5, 0.6) is 0 Å². The van der Waals surface area contributed by atoms with Gasteiger partial charge >= 0.3 is 0 Å². The summed E-state index contributed by atoms with van der Waals surface area (Å²) in [5.74, 6) is -0.191. The van der Waals surface area contributed by atoms with Crippen molar-refractivity contribution >= 4 is 34.2 Å². The minimum Gasteiger partial charge on any atom is -0.472 e. The number of anilines is 2. The summed E-state index contributed by atoms with van der Waals surface area (Å²) in [7, 11) is 1.91. The van der Waals surface area contributed by atoms with Crippen LogP contribution in [0, 0.1) is 11.7 Å². The number of aromatic nitrogens is 4. The van der Waals surface area contributed by atoms with Crippen LogP contribution < -0.4 is 10.2 Å². The number of hydrogen-bond acceptors (Lipinski definition) is 7. The van der Waals surface area contributed by atoms with Gasteiger partial charge in [0.1, 0.15) is 11.5 Å². The molecule has 9 nitrogen and oxygen atoms in total. The molecule has 6 rings (SSSR count). The topological polar surface area (TPSA) is 112 Å². The molecule has 0 unspecified atom stereocenters. The first-order valence-corrected chi connectivity index (χ1v) is 12.6. The molecule has 10 heteroatoms. The lowest BCUT2D eigenvalue weighted by Gasteiger charge is -2.20. The van der Waals surface area contributed by atoms with E-state index in [0.29, 0.717) is 52.8 Å². The average Bonchev–Trinajstić information content (AvgIpc) is 3.58. The maximum Gasteiger partial charge on any atom is 0.226 e. The number of furan rings is 1. The lowest BCUT2D eigenvalue weighted by atomic mass is 9.98. The molecule has 0 radical (unpaired) electrons. The fraction of sp³-hybridized carbons (Fsp3) is 0.207. The average molecular weight is 524 g/mol. The standard InChI is InChI=1S/C29H26FN7O2/c1-16(2)29(38)34-19-10-18(13-31-14-19)21-11-22-24(12-23(21)30)37(3)8-7-32-25(22)28-35-26-20(17-5-9-39-15-17)4-6-33-27(26)36-28/h4-6,9-16H,7-8H2,1-3H3,(H,34,38)(H,33,35,36). The number of nitrogens with one attached hydrogen (secondary N) is 2. The van der Waals surface area contributed by atoms with Crippen molar-refractivity contribution in [2.24, 2.45) is 10.9 Å². The van der Waals surface area contributed by atoms with Crippen LogP contribution in [-0.2, 0) is 4.79 Å². The number of amides is 1. The Labute approximate surface area is 223 Å². The van der Waals surface area contributed by atoms with E-state index in [-0.39, 0.29) is 11.8 Å². The highest BCUT2D eigenvalue weighted by molar-refractivity contribution is 6.16. The van der Waals surface area contributed by atoms with E-state index in [1.54, 1.807) is 43.2 Å². The van der Waals surface area contributed by atoms with E-state index >= 15 is 4.39 Å². The van der Waals surface area contributed by atoms with Crippen molar-refractivity contribution in [2.45, 2.75) is 13.8 Å². The summed E-state index contributed by atoms with van der Waals surface area (Å²) >= 11 is 0. The number of benzodiazepines with no additional fused rings is 1. The van der Waals surface area contributed by atoms with E-state index in [0.717, 1.165) is 22.2 Å². The van der Waals surface area contributed by atoms with Crippen molar-refractivity contribution in [3.05, 3.63) is 78.7 Å². The molecule has 196 valence electrons. The number of rotatable bonds is 5. The molecular formula is C29H26FN7O2. The summed E-state index contributed by atoms with van der Waals surface area (Å²) in [6.45, 7) is 4.74. The van der Waals surface area contributed by atoms with Gasteiger partial charge in [0.15, 0.2) is 11.5 Å². The van der Waals surface area contributed by atoms with Crippen LogP contribution in [0.1, 0.15) is 25.2 Å². The molecule has 1 amide bonds. The normalized spacial score (nSPS) is 13.4. The van der Waals surface area contributed by atoms with E-state index in [4.69, 9.17) is 14.4 Å². The Morgan fingerprint density at radius 3 is 2.79 bits per heavy atom. The Kier molecular flexibility index (Phi) is 6.14. The molecule has 0 saturated heterocycles. The zero-order chi connectivity index (χ0) is 27.1. The van der Waals surface area contributed by atoms with Gasteiger partial charge in [-0.1, -0.05) is 13.8 Å². The molecule has 0 fully saturated rings. The van der Waals surface area contributed by atoms with Gasteiger partial charge < -0.3 is 19.6 Å². The highest BCUT2D eigenvalue weighted by Gasteiger charge is 2.24. The second-order valence-corrected chi connectivity index (χ2v) is 9.76. The third-order valence-corrected chi connectivity index (χ3v) is 6.75. The van der Waals surface area contributed by atoms with Crippen LogP contribution in [0.2, 0.25) is 0 Å². The molecule has 0 spiro atoms. The summed E-state index contributed by atoms with van der Waals surface area (Å²) in [6.07, 6.45) is 8.12. The van der Waals surface area contributed by atoms with Gasteiger partial charge in [-0.15, -0.1) is 0 Å². The van der Waals surface area contributed by atoms with Crippen molar-refractivity contribution in [3.63, 3.8) is 0 Å². The first-order chi connectivity index (χ1) is 18.9. The Morgan fingerprint density at radius 2 is 2.00 bits per heavy atom. The number of carbonyl (C=O) groups excluding carboxylic acids is 1. The molecule has 5 aromatic rings. The SMILES string of the molecule is CC(C)C(=O)Nc1cncc(-c2cc3c(cc2F)N(C)CCN=C3c2nc3nccc(-c4ccoc4)c3[nH]2)c1. The van der Waals surface area contributed by atoms with Gasteiger partial charge in [0.25, 0.3) is 0 Å². The molecule has 0 bridgehead atoms. The Morgan fingerprint density at radius 1 is 1.13 bits per heavy atom. The van der Waals surface area contributed by atoms with E-state index in [1.807, 2.05) is 37.9 Å². The lowest BCUT2D eigenvalue weighted by molar-refractivity contribution is -0.118. The fourth-order valence-electron chi connectivity index (χ4n) is 4.63. The highest BCUT2D eigenvalue weighted by Crippen LogP contribution is 2.34. The number of hydrogen-bond donors (Lipinski definition) is 2. The number of likely N-dealkylation sites (N-methyl/N-ethyl adjacent to an activating group) is 1. The zero-order valence-corrected chi connectivity index (χ0v) is 21.7. The Hall–Kier alpha value is -4.86. The number of nitrogens with zero attached hydrogens (tertiary/aromatic N) is 5. The largest absolute Gasteiger partial charge is 0.472 e. The first-order valence-electron chi connectivity index (χ1n) is 12.6. The van der Waals surface area contributed by atoms with Crippen LogP contribution >= 0.6 is 0 Å². The predicted molar refractivity (Wildman–Crippen MR) is 148 cm³/mol. The third kappa shape index (κ3) is 4.54. The third-order valence-electron chi connectivity index (χ3n) is 6.75. The van der Waals surface area contributed by atoms with Crippen molar-refractivity contribution in [2.75, 3.05) is 30.4 Å². The van der Waals surface area contributed by atoms with Crippen LogP contribution in [0.15, 0.2) is 70.9 Å². The lowest BCUT2D eigenvalue weighted by Crippen LogP contribution is -2.20. The van der Waals surface area contributed by atoms with Gasteiger partial charge in [0.05, 0.1) is 36.5 Å². The fourth-order valence-corrected chi connectivity index (χ4v) is 4.63. The van der Waals surface area contributed by atoms with Gasteiger partial charge in [-0.05, 0) is 30.3 Å². The van der Waals surface area contributed by atoms with Crippen molar-refractivity contribution in [1.82, 2.24) is 19.9 Å². The molecular weight excluding hydrogens is 497 g/mol. The zero-order valence-electron chi connectivity index (χ0n) is 21.7. The summed E-state index contributed by atoms with van der Waals surface area (Å²) in [4.78, 5) is 35.9. The second-order valence-electron chi connectivity index (χ2n) is 9.76. The molecule has 2 N–H and O–H groups in total. The van der Waals surface area contributed by atoms with Crippen molar-refractivity contribution < 1.29 is 13.6 Å². The number of imidazole rings is 1. The van der Waals surface area contributed by atoms with E-state index < -0.39 is 5.82 Å². The molecule has 0 saturated carbocycles. The number of aromatic amines is 1. The second kappa shape index (κ2) is 9.79. The molecule has 39 heavy (non-hydrogen) atoms. The van der Waals surface area contributed by atoms with Crippen LogP contribution in [0.4, 0.5) is 15.8 Å². The summed E-state index contributed by atoms with van der Waals surface area (Å²) in [6, 6.07) is 8.79. The maximum absolute atomic E-state index is 15.6. The number of aliphatic imine (C=N–C) groups is 1. The van der Waals surface area contributed by atoms with Crippen LogP contribution in [0.25, 0.3) is 33.4 Å². The number of fused-ring (bicyclic) bond motifs is 2. The molecule has 0 atom stereocenters. The van der Waals surface area contributed by atoms with Crippen molar-refractivity contribution in [3.8, 4) is 22.3 Å². The minimum absolute atomic E-state index is 0.138. The van der Waals surface area contributed by atoms with Gasteiger partial charge in [0, 0.05) is 65.4 Å². The van der Waals surface area contributed by atoms with Crippen LogP contribution in [-0.4, -0.2) is 51.7 Å². The van der Waals surface area contributed by atoms with E-state index in [9.17, 15) is 4.79 Å². The molecule has 1 aromatic carbocycles. The van der Waals surface area contributed by atoms with Gasteiger partial charge in [0.2, 0.25) is 5.91 Å². The van der Waals surface area contributed by atoms with Gasteiger partial charge in [-0.25, -0.2) is 14.4 Å². The smallest absolute Gasteiger partial charge is 0.226 e. The summed E-state index contributed by atoms with van der Waals surface area (Å²) < 4.78 is 20.9.